The number of ether oxygens (including phenoxy) is 1. The molecule has 2 aliphatic heterocycles. The molecule has 4 heterocycles. The normalized spacial score (nSPS) is 20.8. The van der Waals surface area contributed by atoms with Crippen LogP contribution >= 0.6 is 34.3 Å². The molecule has 0 radical (unpaired) electrons. The molecule has 0 spiro atoms. The summed E-state index contributed by atoms with van der Waals surface area (Å²) in [6.07, 6.45) is 2.60. The van der Waals surface area contributed by atoms with Crippen LogP contribution in [0.5, 0.6) is 5.19 Å². The number of fused-ring (bicyclic) bond motifs is 1. The number of para-hydroxylation sites is 1. The second-order valence-electron chi connectivity index (χ2n) is 7.92. The van der Waals surface area contributed by atoms with Crippen LogP contribution in [0, 0.1) is 0 Å². The van der Waals surface area contributed by atoms with E-state index in [1.807, 2.05) is 24.3 Å². The Hall–Kier alpha value is -1.72. The van der Waals surface area contributed by atoms with Crippen molar-refractivity contribution in [3.8, 4) is 5.19 Å². The van der Waals surface area contributed by atoms with Crippen LogP contribution in [0.4, 0.5) is 0 Å². The van der Waals surface area contributed by atoms with Crippen molar-refractivity contribution < 1.29 is 17.9 Å². The van der Waals surface area contributed by atoms with E-state index in [2.05, 4.69) is 4.98 Å². The number of thiazole rings is 1. The monoisotopic (exact) mass is 511 g/mol. The van der Waals surface area contributed by atoms with Crippen molar-refractivity contribution in [3.63, 3.8) is 0 Å². The van der Waals surface area contributed by atoms with Crippen LogP contribution in [0.2, 0.25) is 4.34 Å². The third-order valence-corrected chi connectivity index (χ3v) is 10.4. The first kappa shape index (κ1) is 22.1. The topological polar surface area (TPSA) is 79.8 Å². The van der Waals surface area contributed by atoms with Gasteiger partial charge >= 0.3 is 0 Å². The van der Waals surface area contributed by atoms with Crippen molar-refractivity contribution in [2.24, 2.45) is 0 Å². The number of aromatic nitrogens is 1. The minimum absolute atomic E-state index is 0.00344. The van der Waals surface area contributed by atoms with Gasteiger partial charge in [-0.15, -0.1) is 11.3 Å². The third kappa shape index (κ3) is 4.26. The van der Waals surface area contributed by atoms with Crippen molar-refractivity contribution in [2.45, 2.75) is 42.0 Å². The molecule has 0 bridgehead atoms. The predicted molar refractivity (Wildman–Crippen MR) is 126 cm³/mol. The van der Waals surface area contributed by atoms with Gasteiger partial charge in [0, 0.05) is 32.5 Å². The van der Waals surface area contributed by atoms with E-state index in [9.17, 15) is 13.2 Å². The molecule has 2 fully saturated rings. The van der Waals surface area contributed by atoms with Gasteiger partial charge in [0.2, 0.25) is 5.91 Å². The minimum Gasteiger partial charge on any atom is -0.467 e. The highest BCUT2D eigenvalue weighted by atomic mass is 35.5. The third-order valence-electron chi connectivity index (χ3n) is 5.90. The first-order chi connectivity index (χ1) is 15.4. The number of benzene rings is 1. The average Bonchev–Trinajstić information content (AvgIpc) is 3.53. The van der Waals surface area contributed by atoms with Gasteiger partial charge in [-0.2, -0.15) is 4.31 Å². The highest BCUT2D eigenvalue weighted by molar-refractivity contribution is 7.91. The van der Waals surface area contributed by atoms with Gasteiger partial charge in [0.05, 0.1) is 14.6 Å². The lowest BCUT2D eigenvalue weighted by atomic mass is 10.1. The van der Waals surface area contributed by atoms with Gasteiger partial charge in [0.1, 0.15) is 16.4 Å². The molecule has 5 rings (SSSR count). The fourth-order valence-corrected chi connectivity index (χ4v) is 8.42. The molecule has 1 aromatic carbocycles. The average molecular weight is 512 g/mol. The van der Waals surface area contributed by atoms with E-state index in [1.54, 1.807) is 11.0 Å². The lowest BCUT2D eigenvalue weighted by Gasteiger charge is -2.34. The number of amides is 1. The Bertz CT molecular complexity index is 1200. The molecule has 0 aliphatic carbocycles. The van der Waals surface area contributed by atoms with Gasteiger partial charge in [-0.25, -0.2) is 13.4 Å². The number of sulfonamides is 1. The molecular weight excluding hydrogens is 490 g/mol. The smallest absolute Gasteiger partial charge is 0.274 e. The summed E-state index contributed by atoms with van der Waals surface area (Å²) >= 11 is 8.48. The molecule has 2 aromatic heterocycles. The van der Waals surface area contributed by atoms with E-state index in [1.165, 1.54) is 21.7 Å². The highest BCUT2D eigenvalue weighted by Crippen LogP contribution is 2.34. The summed E-state index contributed by atoms with van der Waals surface area (Å²) in [5.74, 6) is -0.118. The minimum atomic E-state index is -3.73. The molecule has 11 heteroatoms. The van der Waals surface area contributed by atoms with Crippen molar-refractivity contribution >= 4 is 60.4 Å². The molecule has 1 atom stereocenters. The van der Waals surface area contributed by atoms with Crippen molar-refractivity contribution in [1.29, 1.82) is 0 Å². The number of likely N-dealkylation sites (tertiary alicyclic amines) is 1. The van der Waals surface area contributed by atoms with E-state index in [-0.39, 0.29) is 16.2 Å². The zero-order valence-corrected chi connectivity index (χ0v) is 20.4. The Morgan fingerprint density at radius 2 is 1.84 bits per heavy atom. The van der Waals surface area contributed by atoms with Gasteiger partial charge in [-0.1, -0.05) is 35.1 Å². The number of thiophene rings is 1. The molecule has 32 heavy (non-hydrogen) atoms. The van der Waals surface area contributed by atoms with Gasteiger partial charge < -0.3 is 9.64 Å². The Morgan fingerprint density at radius 3 is 2.56 bits per heavy atom. The number of carbonyl (C=O) groups excluding carboxylic acids is 1. The molecule has 1 unspecified atom stereocenters. The lowest BCUT2D eigenvalue weighted by Crippen LogP contribution is -2.50. The largest absolute Gasteiger partial charge is 0.467 e. The van der Waals surface area contributed by atoms with Crippen molar-refractivity contribution in [1.82, 2.24) is 14.2 Å². The summed E-state index contributed by atoms with van der Waals surface area (Å²) in [4.78, 5) is 19.5. The standard InChI is InChI=1S/C21H22ClN3O4S3/c22-18-7-8-19(31-18)32(27,28)25-11-3-5-16(25)20(26)24-12-9-14(10-13-24)29-21-23-15-4-1-2-6-17(15)30-21/h1-2,4,6-8,14,16H,3,5,9-13H2. The second-order valence-corrected chi connectivity index (χ2v) is 12.7. The van der Waals surface area contributed by atoms with Crippen LogP contribution in [0.3, 0.4) is 0 Å². The number of carbonyl (C=O) groups is 1. The second kappa shape index (κ2) is 8.90. The number of rotatable bonds is 5. The maximum Gasteiger partial charge on any atom is 0.274 e. The van der Waals surface area contributed by atoms with Gasteiger partial charge in [0.15, 0.2) is 0 Å². The Balaban J connectivity index is 1.22. The van der Waals surface area contributed by atoms with Crippen molar-refractivity contribution in [3.05, 3.63) is 40.7 Å². The molecule has 7 nitrogen and oxygen atoms in total. The van der Waals surface area contributed by atoms with Crippen LogP contribution in [0.15, 0.2) is 40.6 Å². The van der Waals surface area contributed by atoms with Crippen LogP contribution < -0.4 is 4.74 Å². The molecule has 170 valence electrons. The van der Waals surface area contributed by atoms with Crippen LogP contribution in [-0.2, 0) is 14.8 Å². The molecule has 0 saturated carbocycles. The number of piperidine rings is 1. The first-order valence-corrected chi connectivity index (χ1v) is 13.9. The zero-order chi connectivity index (χ0) is 22.3. The summed E-state index contributed by atoms with van der Waals surface area (Å²) in [6.45, 7) is 1.44. The first-order valence-electron chi connectivity index (χ1n) is 10.5. The lowest BCUT2D eigenvalue weighted by molar-refractivity contribution is -0.136. The van der Waals surface area contributed by atoms with E-state index in [4.69, 9.17) is 16.3 Å². The van der Waals surface area contributed by atoms with E-state index >= 15 is 0 Å². The summed E-state index contributed by atoms with van der Waals surface area (Å²) < 4.78 is 35.2. The number of hydrogen-bond acceptors (Lipinski definition) is 7. The fraction of sp³-hybridized carbons (Fsp3) is 0.429. The summed E-state index contributed by atoms with van der Waals surface area (Å²) in [6, 6.07) is 10.3. The van der Waals surface area contributed by atoms with Crippen LogP contribution in [-0.4, -0.2) is 60.3 Å². The Morgan fingerprint density at radius 1 is 1.06 bits per heavy atom. The van der Waals surface area contributed by atoms with Crippen molar-refractivity contribution in [2.75, 3.05) is 19.6 Å². The van der Waals surface area contributed by atoms with E-state index in [0.717, 1.165) is 21.6 Å². The highest BCUT2D eigenvalue weighted by Gasteiger charge is 2.42. The number of nitrogens with zero attached hydrogens (tertiary/aromatic N) is 3. The molecule has 0 N–H and O–H groups in total. The van der Waals surface area contributed by atoms with Crippen LogP contribution in [0.25, 0.3) is 10.2 Å². The van der Waals surface area contributed by atoms with Gasteiger partial charge in [-0.3, -0.25) is 4.79 Å². The SMILES string of the molecule is O=C(C1CCCN1S(=O)(=O)c1ccc(Cl)s1)N1CCC(Oc2nc3ccccc3s2)CC1. The summed E-state index contributed by atoms with van der Waals surface area (Å²) in [5, 5.41) is 0.652. The maximum absolute atomic E-state index is 13.2. The Labute approximate surface area is 199 Å². The van der Waals surface area contributed by atoms with E-state index < -0.39 is 16.1 Å². The fourth-order valence-electron chi connectivity index (χ4n) is 4.28. The summed E-state index contributed by atoms with van der Waals surface area (Å²) in [7, 11) is -3.73. The number of halogens is 1. The molecule has 2 aliphatic rings. The molecular formula is C21H22ClN3O4S3. The van der Waals surface area contributed by atoms with E-state index in [0.29, 0.717) is 54.8 Å². The predicted octanol–water partition coefficient (Wildman–Crippen LogP) is 4.23. The zero-order valence-electron chi connectivity index (χ0n) is 17.1. The van der Waals surface area contributed by atoms with Crippen LogP contribution in [0.1, 0.15) is 25.7 Å². The quantitative estimate of drug-likeness (QED) is 0.512. The maximum atomic E-state index is 13.2. The summed E-state index contributed by atoms with van der Waals surface area (Å²) in [5.41, 5.74) is 0.926. The molecule has 1 amide bonds. The van der Waals surface area contributed by atoms with Gasteiger partial charge in [-0.05, 0) is 37.1 Å². The Kier molecular flexibility index (Phi) is 6.15. The molecule has 3 aromatic rings. The molecule has 2 saturated heterocycles. The van der Waals surface area contributed by atoms with Gasteiger partial charge in [0.25, 0.3) is 15.2 Å². The number of hydrogen-bond donors (Lipinski definition) is 0.